The standard InChI is InChI=1S/C14H19N3S/c1-14(2,18-3)9-17-12-6-7-16-13-8-10(15)4-5-11(12)13/h4-8H,9,15H2,1-3H3,(H,16,17). The summed E-state index contributed by atoms with van der Waals surface area (Å²) in [5, 5.41) is 4.61. The Bertz CT molecular complexity index is 552. The lowest BCUT2D eigenvalue weighted by molar-refractivity contribution is 0.753. The molecule has 0 saturated heterocycles. The van der Waals surface area contributed by atoms with Crippen LogP contribution in [0.25, 0.3) is 10.9 Å². The van der Waals surface area contributed by atoms with Gasteiger partial charge < -0.3 is 11.1 Å². The molecule has 0 saturated carbocycles. The Hall–Kier alpha value is -1.42. The molecule has 3 N–H and O–H groups in total. The van der Waals surface area contributed by atoms with Gasteiger partial charge >= 0.3 is 0 Å². The first kappa shape index (κ1) is 13.0. The van der Waals surface area contributed by atoms with E-state index in [1.165, 1.54) is 0 Å². The van der Waals surface area contributed by atoms with Gasteiger partial charge in [-0.1, -0.05) is 0 Å². The predicted octanol–water partition coefficient (Wildman–Crippen LogP) is 3.37. The third-order valence-corrected chi connectivity index (χ3v) is 4.27. The molecule has 0 bridgehead atoms. The molecule has 0 aliphatic heterocycles. The largest absolute Gasteiger partial charge is 0.399 e. The molecule has 1 aromatic heterocycles. The highest BCUT2D eigenvalue weighted by Gasteiger charge is 2.15. The molecule has 0 atom stereocenters. The van der Waals surface area contributed by atoms with E-state index in [9.17, 15) is 0 Å². The van der Waals surface area contributed by atoms with Crippen LogP contribution in [0.1, 0.15) is 13.8 Å². The summed E-state index contributed by atoms with van der Waals surface area (Å²) in [4.78, 5) is 4.34. The van der Waals surface area contributed by atoms with E-state index in [-0.39, 0.29) is 4.75 Å². The van der Waals surface area contributed by atoms with Crippen molar-refractivity contribution in [2.45, 2.75) is 18.6 Å². The minimum absolute atomic E-state index is 0.212. The SMILES string of the molecule is CSC(C)(C)CNc1ccnc2cc(N)ccc12. The van der Waals surface area contributed by atoms with E-state index in [0.29, 0.717) is 0 Å². The number of pyridine rings is 1. The van der Waals surface area contributed by atoms with Crippen LogP contribution < -0.4 is 11.1 Å². The van der Waals surface area contributed by atoms with E-state index in [1.54, 1.807) is 0 Å². The zero-order valence-corrected chi connectivity index (χ0v) is 11.8. The van der Waals surface area contributed by atoms with Crippen LogP contribution in [-0.4, -0.2) is 22.5 Å². The lowest BCUT2D eigenvalue weighted by Gasteiger charge is -2.23. The molecule has 1 aromatic carbocycles. The van der Waals surface area contributed by atoms with Crippen LogP contribution in [0.15, 0.2) is 30.5 Å². The van der Waals surface area contributed by atoms with E-state index in [1.807, 2.05) is 42.2 Å². The quantitative estimate of drug-likeness (QED) is 0.829. The van der Waals surface area contributed by atoms with E-state index in [4.69, 9.17) is 5.73 Å². The predicted molar refractivity (Wildman–Crippen MR) is 82.2 cm³/mol. The molecule has 2 rings (SSSR count). The summed E-state index contributed by atoms with van der Waals surface area (Å²) in [6.45, 7) is 5.37. The smallest absolute Gasteiger partial charge is 0.0743 e. The number of hydrogen-bond donors (Lipinski definition) is 2. The zero-order chi connectivity index (χ0) is 13.2. The van der Waals surface area contributed by atoms with Crippen molar-refractivity contribution in [3.05, 3.63) is 30.5 Å². The minimum atomic E-state index is 0.212. The number of nitrogens with zero attached hydrogens (tertiary/aromatic N) is 1. The normalized spacial score (nSPS) is 11.7. The molecule has 96 valence electrons. The van der Waals surface area contributed by atoms with Crippen molar-refractivity contribution in [3.63, 3.8) is 0 Å². The number of hydrogen-bond acceptors (Lipinski definition) is 4. The maximum atomic E-state index is 5.77. The topological polar surface area (TPSA) is 50.9 Å². The van der Waals surface area contributed by atoms with E-state index in [0.717, 1.165) is 28.8 Å². The first-order valence-electron chi connectivity index (χ1n) is 5.95. The van der Waals surface area contributed by atoms with Crippen molar-refractivity contribution in [2.75, 3.05) is 23.9 Å². The van der Waals surface area contributed by atoms with Crippen molar-refractivity contribution in [1.82, 2.24) is 4.98 Å². The molecule has 18 heavy (non-hydrogen) atoms. The van der Waals surface area contributed by atoms with Gasteiger partial charge in [0, 0.05) is 34.2 Å². The molecule has 0 aliphatic rings. The molecule has 4 heteroatoms. The van der Waals surface area contributed by atoms with Crippen molar-refractivity contribution in [3.8, 4) is 0 Å². The van der Waals surface area contributed by atoms with Gasteiger partial charge in [0.2, 0.25) is 0 Å². The highest BCUT2D eigenvalue weighted by molar-refractivity contribution is 7.99. The third kappa shape index (κ3) is 2.88. The molecular weight excluding hydrogens is 242 g/mol. The second-order valence-corrected chi connectivity index (χ2v) is 6.47. The maximum Gasteiger partial charge on any atom is 0.0743 e. The van der Waals surface area contributed by atoms with Crippen LogP contribution in [-0.2, 0) is 0 Å². The van der Waals surface area contributed by atoms with Gasteiger partial charge in [-0.15, -0.1) is 0 Å². The average molecular weight is 261 g/mol. The third-order valence-electron chi connectivity index (χ3n) is 3.02. The number of fused-ring (bicyclic) bond motifs is 1. The van der Waals surface area contributed by atoms with Gasteiger partial charge in [0.25, 0.3) is 0 Å². The Labute approximate surface area is 112 Å². The summed E-state index contributed by atoms with van der Waals surface area (Å²) >= 11 is 1.86. The molecule has 0 aliphatic carbocycles. The van der Waals surface area contributed by atoms with Crippen LogP contribution in [0.5, 0.6) is 0 Å². The molecule has 0 unspecified atom stereocenters. The van der Waals surface area contributed by atoms with Gasteiger partial charge in [-0.05, 0) is 44.4 Å². The second kappa shape index (κ2) is 5.06. The monoisotopic (exact) mass is 261 g/mol. The molecular formula is C14H19N3S. The summed E-state index contributed by atoms with van der Waals surface area (Å²) in [5.41, 5.74) is 8.57. The second-order valence-electron chi connectivity index (χ2n) is 4.95. The summed E-state index contributed by atoms with van der Waals surface area (Å²) in [7, 11) is 0. The minimum Gasteiger partial charge on any atom is -0.399 e. The molecule has 0 radical (unpaired) electrons. The summed E-state index contributed by atoms with van der Waals surface area (Å²) < 4.78 is 0.212. The van der Waals surface area contributed by atoms with Crippen LogP contribution in [0, 0.1) is 0 Å². The lowest BCUT2D eigenvalue weighted by Crippen LogP contribution is -2.25. The highest BCUT2D eigenvalue weighted by atomic mass is 32.2. The summed E-state index contributed by atoms with van der Waals surface area (Å²) in [6, 6.07) is 7.84. The Morgan fingerprint density at radius 1 is 1.33 bits per heavy atom. The fourth-order valence-electron chi connectivity index (χ4n) is 1.70. The molecule has 2 aromatic rings. The van der Waals surface area contributed by atoms with Gasteiger partial charge in [0.05, 0.1) is 5.52 Å². The van der Waals surface area contributed by atoms with Crippen molar-refractivity contribution < 1.29 is 0 Å². The first-order chi connectivity index (χ1) is 8.52. The van der Waals surface area contributed by atoms with Gasteiger partial charge in [0.1, 0.15) is 0 Å². The number of rotatable bonds is 4. The highest BCUT2D eigenvalue weighted by Crippen LogP contribution is 2.26. The summed E-state index contributed by atoms with van der Waals surface area (Å²) in [6.07, 6.45) is 3.95. The number of nitrogens with two attached hydrogens (primary N) is 1. The molecule has 0 amide bonds. The van der Waals surface area contributed by atoms with Gasteiger partial charge in [-0.3, -0.25) is 4.98 Å². The van der Waals surface area contributed by atoms with Gasteiger partial charge in [-0.2, -0.15) is 11.8 Å². The Morgan fingerprint density at radius 2 is 2.11 bits per heavy atom. The molecule has 0 spiro atoms. The molecule has 1 heterocycles. The van der Waals surface area contributed by atoms with Crippen LogP contribution >= 0.6 is 11.8 Å². The fourth-order valence-corrected chi connectivity index (χ4v) is 1.92. The fraction of sp³-hybridized carbons (Fsp3) is 0.357. The Balaban J connectivity index is 2.29. The number of thioether (sulfide) groups is 1. The average Bonchev–Trinajstić information content (AvgIpc) is 2.36. The van der Waals surface area contributed by atoms with Crippen LogP contribution in [0.3, 0.4) is 0 Å². The van der Waals surface area contributed by atoms with Crippen LogP contribution in [0.4, 0.5) is 11.4 Å². The number of benzene rings is 1. The maximum absolute atomic E-state index is 5.77. The van der Waals surface area contributed by atoms with E-state index in [2.05, 4.69) is 30.4 Å². The number of aromatic nitrogens is 1. The van der Waals surface area contributed by atoms with Crippen LogP contribution in [0.2, 0.25) is 0 Å². The van der Waals surface area contributed by atoms with Gasteiger partial charge in [0.15, 0.2) is 0 Å². The van der Waals surface area contributed by atoms with Crippen molar-refractivity contribution in [2.24, 2.45) is 0 Å². The number of nitrogen functional groups attached to an aromatic ring is 1. The van der Waals surface area contributed by atoms with Gasteiger partial charge in [-0.25, -0.2) is 0 Å². The zero-order valence-electron chi connectivity index (χ0n) is 11.0. The lowest BCUT2D eigenvalue weighted by atomic mass is 10.1. The number of anilines is 2. The Kier molecular flexibility index (Phi) is 3.66. The first-order valence-corrected chi connectivity index (χ1v) is 7.17. The molecule has 0 fully saturated rings. The van der Waals surface area contributed by atoms with E-state index >= 15 is 0 Å². The Morgan fingerprint density at radius 3 is 2.83 bits per heavy atom. The van der Waals surface area contributed by atoms with Crippen molar-refractivity contribution in [1.29, 1.82) is 0 Å². The van der Waals surface area contributed by atoms with E-state index < -0.39 is 0 Å². The molecule has 3 nitrogen and oxygen atoms in total. The van der Waals surface area contributed by atoms with Crippen molar-refractivity contribution >= 4 is 34.0 Å². The number of nitrogens with one attached hydrogen (secondary N) is 1. The summed E-state index contributed by atoms with van der Waals surface area (Å²) in [5.74, 6) is 0.